The highest BCUT2D eigenvalue weighted by Gasteiger charge is 2.33. The van der Waals surface area contributed by atoms with E-state index < -0.39 is 11.9 Å². The maximum Gasteiger partial charge on any atom is 0.227 e. The third kappa shape index (κ3) is 11.3. The van der Waals surface area contributed by atoms with Crippen LogP contribution in [0.5, 0.6) is 0 Å². The Morgan fingerprint density at radius 2 is 0.833 bits per heavy atom. The predicted molar refractivity (Wildman–Crippen MR) is 198 cm³/mol. The number of amides is 2. The molecule has 0 aliphatic carbocycles. The van der Waals surface area contributed by atoms with E-state index >= 15 is 0 Å². The molecule has 2 heterocycles. The van der Waals surface area contributed by atoms with Crippen LogP contribution in [0.25, 0.3) is 0 Å². The second-order valence-corrected chi connectivity index (χ2v) is 13.1. The minimum Gasteiger partial charge on any atom is -0.543 e. The van der Waals surface area contributed by atoms with Crippen molar-refractivity contribution in [3.05, 3.63) is 121 Å². The molecule has 2 saturated heterocycles. The summed E-state index contributed by atoms with van der Waals surface area (Å²) in [6.07, 6.45) is 4.30. The van der Waals surface area contributed by atoms with E-state index in [0.717, 1.165) is 51.9 Å². The number of para-hydroxylation sites is 4. The van der Waals surface area contributed by atoms with Gasteiger partial charge in [-0.1, -0.05) is 74.5 Å². The first-order valence-electron chi connectivity index (χ1n) is 18.4. The van der Waals surface area contributed by atoms with Gasteiger partial charge in [0.15, 0.2) is 0 Å². The molecule has 2 fully saturated rings. The van der Waals surface area contributed by atoms with Crippen LogP contribution in [0.3, 0.4) is 0 Å². The summed E-state index contributed by atoms with van der Waals surface area (Å²) in [5.41, 5.74) is 3.40. The average molecular weight is 743 g/mol. The first-order chi connectivity index (χ1) is 26.0. The number of quaternary nitrogens is 2. The van der Waals surface area contributed by atoms with Gasteiger partial charge >= 0.3 is 0 Å². The van der Waals surface area contributed by atoms with Crippen molar-refractivity contribution in [3.8, 4) is 0 Å². The van der Waals surface area contributed by atoms with Gasteiger partial charge in [0.1, 0.15) is 23.0 Å². The molecule has 0 atom stereocenters. The molecule has 2 amide bonds. The topological polar surface area (TPSA) is 130 Å². The number of nitrogens with one attached hydrogen (secondary N) is 2. The Balaban J connectivity index is 0.000000209. The molecule has 4 aromatic rings. The molecule has 0 unspecified atom stereocenters. The molecule has 2 aliphatic heterocycles. The van der Waals surface area contributed by atoms with E-state index in [1.165, 1.54) is 33.3 Å². The summed E-state index contributed by atoms with van der Waals surface area (Å²) in [7, 11) is 0. The van der Waals surface area contributed by atoms with Crippen molar-refractivity contribution in [2.45, 2.75) is 64.5 Å². The third-order valence-electron chi connectivity index (χ3n) is 9.74. The molecule has 0 aromatic heterocycles. The molecule has 0 spiro atoms. The Morgan fingerprint density at radius 1 is 0.537 bits per heavy atom. The highest BCUT2D eigenvalue weighted by atomic mass is 19.1. The zero-order valence-corrected chi connectivity index (χ0v) is 30.7. The fourth-order valence-electron chi connectivity index (χ4n) is 7.05. The van der Waals surface area contributed by atoms with Gasteiger partial charge in [-0.2, -0.15) is 0 Å². The number of rotatable bonds is 8. The monoisotopic (exact) mass is 742 g/mol. The van der Waals surface area contributed by atoms with Gasteiger partial charge in [-0.3, -0.25) is 9.59 Å². The Morgan fingerprint density at radius 3 is 1.11 bits per heavy atom. The molecular formula is C42H48F2N4O6. The molecular weight excluding hydrogens is 694 g/mol. The normalized spacial score (nSPS) is 19.1. The number of aliphatic carboxylic acids is 2. The van der Waals surface area contributed by atoms with Gasteiger partial charge in [0.2, 0.25) is 11.8 Å². The Hall–Kier alpha value is -5.46. The summed E-state index contributed by atoms with van der Waals surface area (Å²) in [6, 6.07) is 34.1. The van der Waals surface area contributed by atoms with Gasteiger partial charge in [0.05, 0.1) is 49.5 Å². The number of benzene rings is 4. The number of anilines is 2. The molecule has 0 radical (unpaired) electrons. The zero-order valence-electron chi connectivity index (χ0n) is 30.7. The van der Waals surface area contributed by atoms with Crippen molar-refractivity contribution in [1.82, 2.24) is 0 Å². The summed E-state index contributed by atoms with van der Waals surface area (Å²) in [5, 5.41) is 17.9. The molecule has 0 saturated carbocycles. The lowest BCUT2D eigenvalue weighted by Gasteiger charge is -2.36. The third-order valence-corrected chi connectivity index (χ3v) is 9.74. The number of carboxylic acids is 2. The van der Waals surface area contributed by atoms with Crippen molar-refractivity contribution in [2.75, 3.05) is 36.0 Å². The number of carbonyl (C=O) groups is 4. The number of nitrogens with zero attached hydrogens (tertiary/aromatic N) is 2. The van der Waals surface area contributed by atoms with Gasteiger partial charge in [-0.25, -0.2) is 8.78 Å². The van der Waals surface area contributed by atoms with Crippen molar-refractivity contribution >= 4 is 46.5 Å². The fourth-order valence-corrected chi connectivity index (χ4v) is 7.05. The lowest BCUT2D eigenvalue weighted by molar-refractivity contribution is -0.838. The average Bonchev–Trinajstić information content (AvgIpc) is 3.21. The molecule has 6 rings (SSSR count). The van der Waals surface area contributed by atoms with E-state index in [0.29, 0.717) is 24.2 Å². The van der Waals surface area contributed by atoms with Crippen LogP contribution in [0.2, 0.25) is 0 Å². The van der Waals surface area contributed by atoms with Crippen LogP contribution in [0, 0.1) is 11.6 Å². The first-order valence-corrected chi connectivity index (χ1v) is 18.4. The Kier molecular flexibility index (Phi) is 15.8. The maximum absolute atomic E-state index is 14.2. The number of carbonyl (C=O) groups excluding carboxylic acids is 4. The van der Waals surface area contributed by atoms with Crippen molar-refractivity contribution < 1.29 is 48.0 Å². The SMILES string of the molecule is CCC(=O)N(c1ccccc1F)C1CC[NH+](c2ccccc2)CC1.CCC(=O)N(c1ccccc1F)C1CC[NH+](c2ccccc2)CC1.O=C([O-])C(=O)[O-]. The Bertz CT molecular complexity index is 1680. The second-order valence-electron chi connectivity index (χ2n) is 13.1. The lowest BCUT2D eigenvalue weighted by atomic mass is 10.0. The largest absolute Gasteiger partial charge is 0.543 e. The number of hydrogen-bond acceptors (Lipinski definition) is 6. The van der Waals surface area contributed by atoms with E-state index in [2.05, 4.69) is 48.5 Å². The molecule has 286 valence electrons. The predicted octanol–water partition coefficient (Wildman–Crippen LogP) is 2.38. The van der Waals surface area contributed by atoms with E-state index in [9.17, 15) is 18.4 Å². The van der Waals surface area contributed by atoms with Gasteiger partial charge in [0.25, 0.3) is 0 Å². The first kappa shape index (κ1) is 41.3. The molecule has 2 aliphatic rings. The van der Waals surface area contributed by atoms with E-state index in [1.807, 2.05) is 26.0 Å². The summed E-state index contributed by atoms with van der Waals surface area (Å²) < 4.78 is 28.5. The Labute approximate surface area is 315 Å². The zero-order chi connectivity index (χ0) is 39.0. The van der Waals surface area contributed by atoms with Crippen LogP contribution in [0.4, 0.5) is 31.5 Å². The summed E-state index contributed by atoms with van der Waals surface area (Å²) in [4.78, 5) is 49.0. The quantitative estimate of drug-likeness (QED) is 0.267. The maximum atomic E-state index is 14.2. The second kappa shape index (κ2) is 20.7. The van der Waals surface area contributed by atoms with E-state index in [-0.39, 0.29) is 35.5 Å². The van der Waals surface area contributed by atoms with Crippen molar-refractivity contribution in [3.63, 3.8) is 0 Å². The van der Waals surface area contributed by atoms with Gasteiger partial charge in [-0.05, 0) is 48.5 Å². The van der Waals surface area contributed by atoms with Crippen LogP contribution in [0.1, 0.15) is 52.4 Å². The highest BCUT2D eigenvalue weighted by molar-refractivity contribution is 6.25. The van der Waals surface area contributed by atoms with E-state index in [1.54, 1.807) is 46.2 Å². The minimum atomic E-state index is -2.19. The summed E-state index contributed by atoms with van der Waals surface area (Å²) in [6.45, 7) is 7.49. The molecule has 4 aromatic carbocycles. The van der Waals surface area contributed by atoms with Crippen LogP contribution in [-0.4, -0.2) is 62.0 Å². The molecule has 54 heavy (non-hydrogen) atoms. The number of piperidine rings is 2. The molecule has 2 N–H and O–H groups in total. The van der Waals surface area contributed by atoms with Crippen LogP contribution >= 0.6 is 0 Å². The lowest BCUT2D eigenvalue weighted by Crippen LogP contribution is -3.08. The highest BCUT2D eigenvalue weighted by Crippen LogP contribution is 2.27. The van der Waals surface area contributed by atoms with Gasteiger partial charge in [0, 0.05) is 50.6 Å². The van der Waals surface area contributed by atoms with Gasteiger partial charge in [-0.15, -0.1) is 0 Å². The van der Waals surface area contributed by atoms with Crippen molar-refractivity contribution in [1.29, 1.82) is 0 Å². The standard InChI is InChI=1S/2C20H23FN2O.C2H2O4/c2*1-2-20(24)23(19-11-7-6-10-18(19)21)17-12-14-22(15-13-17)16-8-4-3-5-9-16;3-1(4)2(5)6/h2*3-11,17H,2,12-15H2,1H3;(H,3,4)(H,5,6). The van der Waals surface area contributed by atoms with Crippen LogP contribution in [0.15, 0.2) is 109 Å². The number of carboxylic acid groups (broad SMARTS) is 2. The minimum absolute atomic E-state index is 0.00624. The smallest absolute Gasteiger partial charge is 0.227 e. The molecule has 12 heteroatoms. The summed E-state index contributed by atoms with van der Waals surface area (Å²) in [5.74, 6) is -5.03. The fraction of sp³-hybridized carbons (Fsp3) is 0.333. The number of halogens is 2. The number of hydrogen-bond donors (Lipinski definition) is 2. The molecule has 10 nitrogen and oxygen atoms in total. The van der Waals surface area contributed by atoms with Crippen LogP contribution in [-0.2, 0) is 19.2 Å². The van der Waals surface area contributed by atoms with E-state index in [4.69, 9.17) is 19.8 Å². The van der Waals surface area contributed by atoms with Crippen molar-refractivity contribution in [2.24, 2.45) is 0 Å². The summed E-state index contributed by atoms with van der Waals surface area (Å²) >= 11 is 0. The van der Waals surface area contributed by atoms with Gasteiger partial charge < -0.3 is 39.4 Å². The molecule has 0 bridgehead atoms. The van der Waals surface area contributed by atoms with Crippen LogP contribution < -0.4 is 29.8 Å².